The minimum Gasteiger partial charge on any atom is -0.462 e. The number of fused-ring (bicyclic) bond motifs is 1. The predicted octanol–water partition coefficient (Wildman–Crippen LogP) is 2.07. The summed E-state index contributed by atoms with van der Waals surface area (Å²) in [7, 11) is 0. The number of benzene rings is 1. The zero-order valence-corrected chi connectivity index (χ0v) is 9.75. The molecule has 1 aromatic rings. The summed E-state index contributed by atoms with van der Waals surface area (Å²) < 4.78 is 4.99. The van der Waals surface area contributed by atoms with Gasteiger partial charge in [-0.2, -0.15) is 0 Å². The molecule has 0 radical (unpaired) electrons. The van der Waals surface area contributed by atoms with E-state index in [1.807, 2.05) is 25.1 Å². The van der Waals surface area contributed by atoms with Gasteiger partial charge in [0.05, 0.1) is 12.2 Å². The van der Waals surface area contributed by atoms with Crippen LogP contribution < -0.4 is 5.32 Å². The second-order valence-corrected chi connectivity index (χ2v) is 4.17. The van der Waals surface area contributed by atoms with Gasteiger partial charge < -0.3 is 10.1 Å². The maximum atomic E-state index is 11.6. The molecule has 0 unspecified atom stereocenters. The van der Waals surface area contributed by atoms with Crippen molar-refractivity contribution < 1.29 is 9.53 Å². The van der Waals surface area contributed by atoms with Gasteiger partial charge in [-0.15, -0.1) is 0 Å². The molecule has 0 amide bonds. The van der Waals surface area contributed by atoms with E-state index in [1.165, 1.54) is 11.1 Å². The fourth-order valence-corrected chi connectivity index (χ4v) is 2.11. The van der Waals surface area contributed by atoms with Crippen molar-refractivity contribution in [2.24, 2.45) is 0 Å². The third kappa shape index (κ3) is 2.09. The minimum absolute atomic E-state index is 0.233. The standard InChI is InChI=1S/C13H17NO2/c1-3-16-13(15)10-4-5-12-9(2)7-14-8-11(12)6-10/h4-6,9,14H,3,7-8H2,1-2H3/t9-/m0/s1. The molecule has 0 fully saturated rings. The molecule has 1 heterocycles. The van der Waals surface area contributed by atoms with Gasteiger partial charge in [-0.1, -0.05) is 13.0 Å². The fourth-order valence-electron chi connectivity index (χ4n) is 2.11. The zero-order chi connectivity index (χ0) is 11.5. The molecule has 0 spiro atoms. The minimum atomic E-state index is -0.233. The maximum absolute atomic E-state index is 11.6. The first kappa shape index (κ1) is 11.1. The Balaban J connectivity index is 2.28. The molecule has 1 N–H and O–H groups in total. The number of rotatable bonds is 2. The van der Waals surface area contributed by atoms with Crippen molar-refractivity contribution in [2.45, 2.75) is 26.3 Å². The van der Waals surface area contributed by atoms with Gasteiger partial charge >= 0.3 is 5.97 Å². The van der Waals surface area contributed by atoms with Crippen LogP contribution in [0.3, 0.4) is 0 Å². The summed E-state index contributed by atoms with van der Waals surface area (Å²) in [6.07, 6.45) is 0. The summed E-state index contributed by atoms with van der Waals surface area (Å²) >= 11 is 0. The number of hydrogen-bond donors (Lipinski definition) is 1. The van der Waals surface area contributed by atoms with Crippen LogP contribution in [-0.2, 0) is 11.3 Å². The molecular weight excluding hydrogens is 202 g/mol. The van der Waals surface area contributed by atoms with Crippen LogP contribution in [0.15, 0.2) is 18.2 Å². The quantitative estimate of drug-likeness (QED) is 0.774. The molecule has 3 heteroatoms. The Labute approximate surface area is 95.8 Å². The lowest BCUT2D eigenvalue weighted by atomic mass is 9.91. The SMILES string of the molecule is CCOC(=O)c1ccc2c(c1)CNC[C@@H]2C. The van der Waals surface area contributed by atoms with E-state index in [9.17, 15) is 4.79 Å². The summed E-state index contributed by atoms with van der Waals surface area (Å²) in [6.45, 7) is 6.28. The molecule has 1 aliphatic rings. The van der Waals surface area contributed by atoms with Crippen molar-refractivity contribution in [1.82, 2.24) is 5.32 Å². The lowest BCUT2D eigenvalue weighted by molar-refractivity contribution is 0.0526. The highest BCUT2D eigenvalue weighted by molar-refractivity contribution is 5.89. The Morgan fingerprint density at radius 3 is 3.12 bits per heavy atom. The average Bonchev–Trinajstić information content (AvgIpc) is 2.29. The van der Waals surface area contributed by atoms with E-state index in [2.05, 4.69) is 12.2 Å². The van der Waals surface area contributed by atoms with E-state index in [1.54, 1.807) is 0 Å². The van der Waals surface area contributed by atoms with Crippen LogP contribution in [0.4, 0.5) is 0 Å². The average molecular weight is 219 g/mol. The van der Waals surface area contributed by atoms with E-state index in [0.717, 1.165) is 13.1 Å². The second kappa shape index (κ2) is 4.66. The number of nitrogens with one attached hydrogen (secondary N) is 1. The summed E-state index contributed by atoms with van der Waals surface area (Å²) in [5.74, 6) is 0.281. The van der Waals surface area contributed by atoms with Crippen molar-refractivity contribution in [1.29, 1.82) is 0 Å². The topological polar surface area (TPSA) is 38.3 Å². The van der Waals surface area contributed by atoms with E-state index < -0.39 is 0 Å². The van der Waals surface area contributed by atoms with E-state index in [4.69, 9.17) is 4.74 Å². The molecule has 0 saturated heterocycles. The normalized spacial score (nSPS) is 19.0. The molecule has 0 saturated carbocycles. The van der Waals surface area contributed by atoms with Gasteiger partial charge in [0.2, 0.25) is 0 Å². The monoisotopic (exact) mass is 219 g/mol. The highest BCUT2D eigenvalue weighted by atomic mass is 16.5. The van der Waals surface area contributed by atoms with Crippen molar-refractivity contribution >= 4 is 5.97 Å². The van der Waals surface area contributed by atoms with Gasteiger partial charge in [0, 0.05) is 13.1 Å². The highest BCUT2D eigenvalue weighted by Gasteiger charge is 2.17. The summed E-state index contributed by atoms with van der Waals surface area (Å²) in [4.78, 5) is 11.6. The largest absolute Gasteiger partial charge is 0.462 e. The zero-order valence-electron chi connectivity index (χ0n) is 9.75. The number of carbonyl (C=O) groups is 1. The van der Waals surface area contributed by atoms with E-state index >= 15 is 0 Å². The summed E-state index contributed by atoms with van der Waals surface area (Å²) in [5, 5.41) is 3.34. The Hall–Kier alpha value is -1.35. The van der Waals surface area contributed by atoms with Crippen LogP contribution in [0, 0.1) is 0 Å². The van der Waals surface area contributed by atoms with Gasteiger partial charge in [-0.25, -0.2) is 4.79 Å². The number of ether oxygens (including phenoxy) is 1. The fraction of sp³-hybridized carbons (Fsp3) is 0.462. The first-order valence-electron chi connectivity index (χ1n) is 5.73. The van der Waals surface area contributed by atoms with Crippen LogP contribution in [-0.4, -0.2) is 19.1 Å². The molecule has 2 rings (SSSR count). The van der Waals surface area contributed by atoms with Crippen LogP contribution in [0.1, 0.15) is 41.3 Å². The molecule has 0 bridgehead atoms. The third-order valence-corrected chi connectivity index (χ3v) is 2.95. The molecule has 1 aliphatic heterocycles. The van der Waals surface area contributed by atoms with E-state index in [-0.39, 0.29) is 5.97 Å². The van der Waals surface area contributed by atoms with E-state index in [0.29, 0.717) is 18.1 Å². The van der Waals surface area contributed by atoms with Crippen LogP contribution in [0.5, 0.6) is 0 Å². The Morgan fingerprint density at radius 2 is 2.38 bits per heavy atom. The maximum Gasteiger partial charge on any atom is 0.338 e. The molecule has 3 nitrogen and oxygen atoms in total. The van der Waals surface area contributed by atoms with Crippen molar-refractivity contribution in [2.75, 3.05) is 13.2 Å². The van der Waals surface area contributed by atoms with Crippen LogP contribution in [0.2, 0.25) is 0 Å². The number of esters is 1. The van der Waals surface area contributed by atoms with Gasteiger partial charge in [-0.05, 0) is 36.1 Å². The van der Waals surface area contributed by atoms with Crippen molar-refractivity contribution in [3.63, 3.8) is 0 Å². The molecule has 0 aliphatic carbocycles. The van der Waals surface area contributed by atoms with Crippen LogP contribution >= 0.6 is 0 Å². The summed E-state index contributed by atoms with van der Waals surface area (Å²) in [5.41, 5.74) is 3.20. The van der Waals surface area contributed by atoms with Crippen molar-refractivity contribution in [3.05, 3.63) is 34.9 Å². The first-order valence-corrected chi connectivity index (χ1v) is 5.73. The smallest absolute Gasteiger partial charge is 0.338 e. The predicted molar refractivity (Wildman–Crippen MR) is 62.5 cm³/mol. The lowest BCUT2D eigenvalue weighted by Gasteiger charge is -2.23. The first-order chi connectivity index (χ1) is 7.72. The Morgan fingerprint density at radius 1 is 1.56 bits per heavy atom. The molecule has 86 valence electrons. The molecule has 0 aromatic heterocycles. The van der Waals surface area contributed by atoms with Gasteiger partial charge in [0.15, 0.2) is 0 Å². The number of hydrogen-bond acceptors (Lipinski definition) is 3. The van der Waals surface area contributed by atoms with Crippen molar-refractivity contribution in [3.8, 4) is 0 Å². The van der Waals surface area contributed by atoms with Gasteiger partial charge in [0.1, 0.15) is 0 Å². The Bertz CT molecular complexity index is 401. The lowest BCUT2D eigenvalue weighted by Crippen LogP contribution is -2.27. The molecule has 16 heavy (non-hydrogen) atoms. The van der Waals surface area contributed by atoms with Gasteiger partial charge in [0.25, 0.3) is 0 Å². The molecule has 1 atom stereocenters. The molecule has 1 aromatic carbocycles. The highest BCUT2D eigenvalue weighted by Crippen LogP contribution is 2.24. The van der Waals surface area contributed by atoms with Crippen LogP contribution in [0.25, 0.3) is 0 Å². The van der Waals surface area contributed by atoms with Gasteiger partial charge in [-0.3, -0.25) is 0 Å². The Kier molecular flexibility index (Phi) is 3.25. The second-order valence-electron chi connectivity index (χ2n) is 4.17. The third-order valence-electron chi connectivity index (χ3n) is 2.95. The number of carbonyl (C=O) groups excluding carboxylic acids is 1. The summed E-state index contributed by atoms with van der Waals surface area (Å²) in [6, 6.07) is 5.85. The molecular formula is C13H17NO2.